The first-order valence-corrected chi connectivity index (χ1v) is 8.44. The highest BCUT2D eigenvalue weighted by Gasteiger charge is 2.24. The molecule has 0 aliphatic carbocycles. The number of quaternary nitrogens is 1. The van der Waals surface area contributed by atoms with Crippen LogP contribution in [-0.2, 0) is 6.54 Å². The number of aromatic amines is 1. The Kier molecular flexibility index (Phi) is 4.09. The molecule has 2 N–H and O–H groups in total. The highest BCUT2D eigenvalue weighted by atomic mass is 16.1. The van der Waals surface area contributed by atoms with E-state index >= 15 is 0 Å². The number of nitrogens with one attached hydrogen (secondary N) is 2. The SMILES string of the molecule is Cc1cc(C)c2c(=O)c(C[NH+]3CCCC[C@H]3C)c(C)[nH]c2c1. The number of likely N-dealkylation sites (tertiary alicyclic amines) is 1. The zero-order valence-corrected chi connectivity index (χ0v) is 14.2. The number of hydrogen-bond acceptors (Lipinski definition) is 1. The molecule has 1 aromatic carbocycles. The van der Waals surface area contributed by atoms with Gasteiger partial charge < -0.3 is 9.88 Å². The molecule has 3 nitrogen and oxygen atoms in total. The Morgan fingerprint density at radius 3 is 2.73 bits per heavy atom. The predicted octanol–water partition coefficient (Wildman–Crippen LogP) is 2.41. The molecule has 1 unspecified atom stereocenters. The molecule has 22 heavy (non-hydrogen) atoms. The van der Waals surface area contributed by atoms with E-state index in [2.05, 4.69) is 31.0 Å². The second-order valence-corrected chi connectivity index (χ2v) is 7.04. The van der Waals surface area contributed by atoms with Crippen molar-refractivity contribution in [2.24, 2.45) is 0 Å². The Morgan fingerprint density at radius 2 is 2.00 bits per heavy atom. The summed E-state index contributed by atoms with van der Waals surface area (Å²) in [5.41, 5.74) is 5.50. The van der Waals surface area contributed by atoms with Gasteiger partial charge in [0.2, 0.25) is 0 Å². The second-order valence-electron chi connectivity index (χ2n) is 7.04. The highest BCUT2D eigenvalue weighted by molar-refractivity contribution is 5.83. The molecule has 1 aliphatic rings. The lowest BCUT2D eigenvalue weighted by Crippen LogP contribution is -3.15. The van der Waals surface area contributed by atoms with Gasteiger partial charge in [-0.25, -0.2) is 0 Å². The van der Waals surface area contributed by atoms with Gasteiger partial charge in [-0.3, -0.25) is 4.79 Å². The number of benzene rings is 1. The second kappa shape index (κ2) is 5.88. The van der Waals surface area contributed by atoms with Gasteiger partial charge in [-0.05, 0) is 64.2 Å². The van der Waals surface area contributed by atoms with Crippen LogP contribution < -0.4 is 10.3 Å². The van der Waals surface area contributed by atoms with Gasteiger partial charge in [0.15, 0.2) is 5.43 Å². The van der Waals surface area contributed by atoms with Crippen molar-refractivity contribution in [2.75, 3.05) is 6.54 Å². The maximum atomic E-state index is 13.0. The minimum Gasteiger partial charge on any atom is -0.358 e. The van der Waals surface area contributed by atoms with E-state index in [1.807, 2.05) is 13.8 Å². The molecule has 0 saturated carbocycles. The lowest BCUT2D eigenvalue weighted by molar-refractivity contribution is -0.942. The van der Waals surface area contributed by atoms with E-state index < -0.39 is 0 Å². The quantitative estimate of drug-likeness (QED) is 0.878. The van der Waals surface area contributed by atoms with Gasteiger partial charge in [0.25, 0.3) is 0 Å². The van der Waals surface area contributed by atoms with Crippen molar-refractivity contribution in [3.8, 4) is 0 Å². The fraction of sp³-hybridized carbons (Fsp3) is 0.526. The average Bonchev–Trinajstić information content (AvgIpc) is 2.44. The Morgan fingerprint density at radius 1 is 1.23 bits per heavy atom. The Bertz CT molecular complexity index is 760. The third kappa shape index (κ3) is 2.70. The van der Waals surface area contributed by atoms with E-state index in [0.717, 1.165) is 34.3 Å². The highest BCUT2D eigenvalue weighted by Crippen LogP contribution is 2.17. The van der Waals surface area contributed by atoms with E-state index in [1.54, 1.807) is 4.90 Å². The third-order valence-electron chi connectivity index (χ3n) is 5.24. The largest absolute Gasteiger partial charge is 0.358 e. The average molecular weight is 299 g/mol. The minimum absolute atomic E-state index is 0.231. The maximum absolute atomic E-state index is 13.0. The van der Waals surface area contributed by atoms with Gasteiger partial charge in [0.05, 0.1) is 23.7 Å². The summed E-state index contributed by atoms with van der Waals surface area (Å²) in [6, 6.07) is 4.84. The molecule has 0 radical (unpaired) electrons. The fourth-order valence-corrected chi connectivity index (χ4v) is 3.92. The van der Waals surface area contributed by atoms with Crippen molar-refractivity contribution < 1.29 is 4.90 Å². The molecular formula is C19H27N2O+. The van der Waals surface area contributed by atoms with E-state index in [0.29, 0.717) is 6.04 Å². The van der Waals surface area contributed by atoms with Crippen molar-refractivity contribution in [3.63, 3.8) is 0 Å². The molecular weight excluding hydrogens is 272 g/mol. The first-order valence-electron chi connectivity index (χ1n) is 8.44. The summed E-state index contributed by atoms with van der Waals surface area (Å²) in [5, 5.41) is 0.871. The number of hydrogen-bond donors (Lipinski definition) is 2. The summed E-state index contributed by atoms with van der Waals surface area (Å²) in [6.45, 7) is 10.5. The van der Waals surface area contributed by atoms with Crippen LogP contribution in [0.1, 0.15) is 48.6 Å². The van der Waals surface area contributed by atoms with E-state index in [4.69, 9.17) is 0 Å². The van der Waals surface area contributed by atoms with Gasteiger partial charge in [-0.1, -0.05) is 6.07 Å². The van der Waals surface area contributed by atoms with Crippen LogP contribution in [0.5, 0.6) is 0 Å². The summed E-state index contributed by atoms with van der Waals surface area (Å²) in [5.74, 6) is 0. The molecule has 3 heteroatoms. The third-order valence-corrected chi connectivity index (χ3v) is 5.24. The van der Waals surface area contributed by atoms with Gasteiger partial charge in [0, 0.05) is 11.1 Å². The monoisotopic (exact) mass is 299 g/mol. The van der Waals surface area contributed by atoms with Crippen LogP contribution in [0, 0.1) is 20.8 Å². The van der Waals surface area contributed by atoms with Crippen LogP contribution in [0.25, 0.3) is 10.9 Å². The summed E-state index contributed by atoms with van der Waals surface area (Å²) in [7, 11) is 0. The topological polar surface area (TPSA) is 37.3 Å². The number of fused-ring (bicyclic) bond motifs is 1. The minimum atomic E-state index is 0.231. The Labute approximate surface area is 132 Å². The number of piperidine rings is 1. The summed E-state index contributed by atoms with van der Waals surface area (Å²) in [6.07, 6.45) is 3.89. The normalized spacial score (nSPS) is 22.2. The molecule has 2 aromatic rings. The standard InChI is InChI=1S/C19H26N2O/c1-12-9-13(2)18-17(10-12)20-15(4)16(19(18)22)11-21-8-6-5-7-14(21)3/h9-10,14H,5-8,11H2,1-4H3,(H,20,22)/p+1/t14-/m1/s1. The molecule has 2 atom stereocenters. The summed E-state index contributed by atoms with van der Waals surface area (Å²) < 4.78 is 0. The van der Waals surface area contributed by atoms with Crippen LogP contribution in [-0.4, -0.2) is 17.6 Å². The Hall–Kier alpha value is -1.61. The van der Waals surface area contributed by atoms with Crippen LogP contribution in [0.4, 0.5) is 0 Å². The number of rotatable bonds is 2. The zero-order valence-electron chi connectivity index (χ0n) is 14.2. The van der Waals surface area contributed by atoms with Crippen molar-refractivity contribution >= 4 is 10.9 Å². The van der Waals surface area contributed by atoms with Gasteiger partial charge in [0.1, 0.15) is 6.54 Å². The number of H-pyrrole nitrogens is 1. The van der Waals surface area contributed by atoms with E-state index in [9.17, 15) is 4.79 Å². The lowest BCUT2D eigenvalue weighted by atomic mass is 9.99. The maximum Gasteiger partial charge on any atom is 0.198 e. The smallest absolute Gasteiger partial charge is 0.198 e. The van der Waals surface area contributed by atoms with Crippen LogP contribution in [0.15, 0.2) is 16.9 Å². The molecule has 0 bridgehead atoms. The summed E-state index contributed by atoms with van der Waals surface area (Å²) in [4.78, 5) is 18.1. The van der Waals surface area contributed by atoms with Crippen molar-refractivity contribution in [1.29, 1.82) is 0 Å². The van der Waals surface area contributed by atoms with Crippen LogP contribution >= 0.6 is 0 Å². The van der Waals surface area contributed by atoms with Crippen LogP contribution in [0.3, 0.4) is 0 Å². The van der Waals surface area contributed by atoms with E-state index in [1.165, 1.54) is 31.4 Å². The lowest BCUT2D eigenvalue weighted by Gasteiger charge is -2.30. The van der Waals surface area contributed by atoms with Crippen molar-refractivity contribution in [1.82, 2.24) is 4.98 Å². The zero-order chi connectivity index (χ0) is 15.9. The molecule has 118 valence electrons. The molecule has 0 amide bonds. The van der Waals surface area contributed by atoms with E-state index in [-0.39, 0.29) is 5.43 Å². The number of pyridine rings is 1. The van der Waals surface area contributed by atoms with Crippen molar-refractivity contribution in [2.45, 2.75) is 59.5 Å². The Balaban J connectivity index is 2.08. The first kappa shape index (κ1) is 15.3. The molecule has 3 rings (SSSR count). The fourth-order valence-electron chi connectivity index (χ4n) is 3.92. The molecule has 1 fully saturated rings. The first-order chi connectivity index (χ1) is 10.5. The predicted molar refractivity (Wildman–Crippen MR) is 91.6 cm³/mol. The molecule has 1 aromatic heterocycles. The van der Waals surface area contributed by atoms with Crippen LogP contribution in [0.2, 0.25) is 0 Å². The molecule has 2 heterocycles. The number of aromatic nitrogens is 1. The molecule has 1 aliphatic heterocycles. The number of aryl methyl sites for hydroxylation is 3. The molecule has 1 saturated heterocycles. The molecule has 0 spiro atoms. The van der Waals surface area contributed by atoms with Gasteiger partial charge in [-0.2, -0.15) is 0 Å². The van der Waals surface area contributed by atoms with Gasteiger partial charge in [-0.15, -0.1) is 0 Å². The van der Waals surface area contributed by atoms with Gasteiger partial charge >= 0.3 is 0 Å². The van der Waals surface area contributed by atoms with Crippen molar-refractivity contribution in [3.05, 3.63) is 44.7 Å². The summed E-state index contributed by atoms with van der Waals surface area (Å²) >= 11 is 0.